The number of fused-ring (bicyclic) bond motifs is 2. The Kier molecular flexibility index (Phi) is 8.61. The molecule has 2 heterocycles. The van der Waals surface area contributed by atoms with Crippen LogP contribution in [0.4, 0.5) is 5.69 Å². The molecule has 0 aliphatic carbocycles. The van der Waals surface area contributed by atoms with Crippen LogP contribution in [-0.4, -0.2) is 43.0 Å². The van der Waals surface area contributed by atoms with E-state index in [1.54, 1.807) is 23.1 Å². The highest BCUT2D eigenvalue weighted by Crippen LogP contribution is 2.48. The molecule has 0 amide bonds. The molecule has 0 saturated heterocycles. The van der Waals surface area contributed by atoms with Crippen LogP contribution in [-0.2, 0) is 26.8 Å². The first-order valence-corrected chi connectivity index (χ1v) is 17.7. The van der Waals surface area contributed by atoms with E-state index in [-0.39, 0.29) is 12.8 Å². The van der Waals surface area contributed by atoms with Crippen molar-refractivity contribution in [1.29, 1.82) is 0 Å². The predicted octanol–water partition coefficient (Wildman–Crippen LogP) is 5.41. The van der Waals surface area contributed by atoms with Gasteiger partial charge in [0.1, 0.15) is 4.70 Å². The van der Waals surface area contributed by atoms with E-state index in [4.69, 9.17) is 0 Å². The van der Waals surface area contributed by atoms with E-state index in [1.807, 2.05) is 76.2 Å². The fourth-order valence-electron chi connectivity index (χ4n) is 4.66. The molecule has 0 saturated carbocycles. The van der Waals surface area contributed by atoms with Crippen LogP contribution in [0.25, 0.3) is 27.4 Å². The minimum absolute atomic E-state index is 0.157. The fourth-order valence-corrected chi connectivity index (χ4v) is 7.75. The Morgan fingerprint density at radius 3 is 2.22 bits per heavy atom. The minimum atomic E-state index is -4.43. The van der Waals surface area contributed by atoms with Crippen LogP contribution in [0.2, 0.25) is 0 Å². The number of para-hydroxylation sites is 1. The van der Waals surface area contributed by atoms with Crippen molar-refractivity contribution in [1.82, 2.24) is 0 Å². The number of hydrogen-bond acceptors (Lipinski definition) is 9. The first-order chi connectivity index (χ1) is 19.4. The first kappa shape index (κ1) is 29.7. The van der Waals surface area contributed by atoms with Crippen molar-refractivity contribution >= 4 is 65.3 Å². The highest BCUT2D eigenvalue weighted by Gasteiger charge is 2.29. The largest absolute Gasteiger partial charge is 0.748 e. The summed E-state index contributed by atoms with van der Waals surface area (Å²) in [7, 11) is -8.84. The molecule has 5 rings (SSSR count). The summed E-state index contributed by atoms with van der Waals surface area (Å²) < 4.78 is 72.8. The van der Waals surface area contributed by atoms with Crippen molar-refractivity contribution in [2.45, 2.75) is 48.6 Å². The van der Waals surface area contributed by atoms with Crippen molar-refractivity contribution < 1.29 is 30.5 Å². The second-order valence-corrected chi connectivity index (χ2v) is 15.7. The Balaban J connectivity index is 1.56. The van der Waals surface area contributed by atoms with E-state index >= 15 is 0 Å². The number of aryl methyl sites for hydroxylation is 1. The number of aromatic nitrogens is 1. The third kappa shape index (κ3) is 6.68. The van der Waals surface area contributed by atoms with Gasteiger partial charge >= 0.3 is 0 Å². The highest BCUT2D eigenvalue weighted by atomic mass is 32.2. The van der Waals surface area contributed by atoms with Gasteiger partial charge in [0.2, 0.25) is 5.52 Å². The lowest BCUT2D eigenvalue weighted by Crippen LogP contribution is -2.37. The van der Waals surface area contributed by atoms with Gasteiger partial charge in [-0.2, -0.15) is 4.57 Å². The van der Waals surface area contributed by atoms with Crippen LogP contribution in [0.5, 0.6) is 0 Å². The van der Waals surface area contributed by atoms with Crippen molar-refractivity contribution in [3.05, 3.63) is 82.8 Å². The maximum atomic E-state index is 11.7. The molecule has 1 aliphatic rings. The molecule has 216 valence electrons. The van der Waals surface area contributed by atoms with Gasteiger partial charge in [-0.15, -0.1) is 0 Å². The Morgan fingerprint density at radius 1 is 0.854 bits per heavy atom. The van der Waals surface area contributed by atoms with Crippen molar-refractivity contribution in [2.75, 3.05) is 11.4 Å². The highest BCUT2D eigenvalue weighted by molar-refractivity contribution is 8.04. The molecule has 1 aromatic heterocycles. The molecular formula is C29H29N2O6S4-. The van der Waals surface area contributed by atoms with Crippen molar-refractivity contribution in [2.24, 2.45) is 0 Å². The summed E-state index contributed by atoms with van der Waals surface area (Å²) in [6, 6.07) is 23.9. The maximum absolute atomic E-state index is 11.7. The Bertz CT molecular complexity index is 1820. The van der Waals surface area contributed by atoms with E-state index in [9.17, 15) is 25.9 Å². The third-order valence-corrected chi connectivity index (χ3v) is 11.9. The van der Waals surface area contributed by atoms with E-state index in [1.165, 1.54) is 13.8 Å². The summed E-state index contributed by atoms with van der Waals surface area (Å²) >= 11 is 3.11. The van der Waals surface area contributed by atoms with Crippen molar-refractivity contribution in [3.63, 3.8) is 0 Å². The average molecular weight is 630 g/mol. The van der Waals surface area contributed by atoms with Gasteiger partial charge in [0.15, 0.2) is 6.54 Å². The molecule has 0 spiro atoms. The van der Waals surface area contributed by atoms with Crippen LogP contribution < -0.4 is 9.47 Å². The van der Waals surface area contributed by atoms with E-state index in [0.717, 1.165) is 42.0 Å². The molecule has 4 aromatic rings. The van der Waals surface area contributed by atoms with Crippen LogP contribution in [0, 0.1) is 0 Å². The number of anilines is 1. The molecule has 3 aromatic carbocycles. The molecule has 0 N–H and O–H groups in total. The predicted molar refractivity (Wildman–Crippen MR) is 163 cm³/mol. The number of rotatable bonds is 10. The van der Waals surface area contributed by atoms with Crippen LogP contribution >= 0.6 is 23.1 Å². The standard InChI is InChI=1S/C29H30N2O6S4/c1-20(40(32,33)34)14-16-30-24-10-6-7-11-26(24)38-28(30)19-29-31(17-15-21(2)41(35,36)37)25-18-23(12-13-27(25)39-29)22-8-4-3-5-9-22/h3-13,18-21H,14-17H2,1-2H3,(H-,32,33,34,35,36,37)/p-1. The van der Waals surface area contributed by atoms with Gasteiger partial charge in [-0.25, -0.2) is 16.8 Å². The van der Waals surface area contributed by atoms with Crippen LogP contribution in [0.1, 0.15) is 31.7 Å². The Labute approximate surface area is 248 Å². The van der Waals surface area contributed by atoms with Crippen LogP contribution in [0.3, 0.4) is 0 Å². The van der Waals surface area contributed by atoms with Gasteiger partial charge in [0, 0.05) is 29.2 Å². The number of hydrogen-bond donors (Lipinski definition) is 0. The van der Waals surface area contributed by atoms with Gasteiger partial charge in [0.25, 0.3) is 5.01 Å². The van der Waals surface area contributed by atoms with Gasteiger partial charge in [-0.1, -0.05) is 71.6 Å². The number of thiazole rings is 1. The minimum Gasteiger partial charge on any atom is -0.748 e. The average Bonchev–Trinajstić information content (AvgIpc) is 3.46. The quantitative estimate of drug-likeness (QED) is 0.169. The molecule has 41 heavy (non-hydrogen) atoms. The Hall–Kier alpha value is -2.74. The van der Waals surface area contributed by atoms with Gasteiger partial charge in [0.05, 0.1) is 42.3 Å². The molecule has 0 radical (unpaired) electrons. The monoisotopic (exact) mass is 629 g/mol. The molecule has 8 nitrogen and oxygen atoms in total. The normalized spacial score (nSPS) is 16.3. The summed E-state index contributed by atoms with van der Waals surface area (Å²) in [6.07, 6.45) is 2.35. The second-order valence-electron chi connectivity index (χ2n) is 10.0. The van der Waals surface area contributed by atoms with Crippen LogP contribution in [0.15, 0.2) is 82.7 Å². The molecule has 2 unspecified atom stereocenters. The van der Waals surface area contributed by atoms with E-state index < -0.39 is 30.7 Å². The lowest BCUT2D eigenvalue weighted by atomic mass is 10.0. The maximum Gasteiger partial charge on any atom is 0.265 e. The van der Waals surface area contributed by atoms with Gasteiger partial charge in [-0.05, 0) is 49.6 Å². The first-order valence-electron chi connectivity index (χ1n) is 13.1. The number of nitrogens with zero attached hydrogens (tertiary/aromatic N) is 2. The third-order valence-electron chi connectivity index (χ3n) is 7.23. The van der Waals surface area contributed by atoms with Gasteiger partial charge in [-0.3, -0.25) is 0 Å². The SMILES string of the molecule is CC(CCN1C(=Cc2sc3ccccc3[n+]2CCC(C)S(=O)(=O)[O-])Sc2ccc(-c3ccccc3)cc21)S(=O)(=O)[O-]. The zero-order valence-corrected chi connectivity index (χ0v) is 25.7. The summed E-state index contributed by atoms with van der Waals surface area (Å²) in [5.74, 6) is 0. The molecule has 2 atom stereocenters. The summed E-state index contributed by atoms with van der Waals surface area (Å²) in [5, 5.41) is -0.331. The summed E-state index contributed by atoms with van der Waals surface area (Å²) in [4.78, 5) is 3.06. The lowest BCUT2D eigenvalue weighted by molar-refractivity contribution is -0.669. The van der Waals surface area contributed by atoms with E-state index in [0.29, 0.717) is 13.1 Å². The molecule has 1 aliphatic heterocycles. The fraction of sp³-hybridized carbons (Fsp3) is 0.276. The lowest BCUT2D eigenvalue weighted by Gasteiger charge is -2.24. The zero-order chi connectivity index (χ0) is 29.4. The smallest absolute Gasteiger partial charge is 0.265 e. The van der Waals surface area contributed by atoms with E-state index in [2.05, 4.69) is 12.1 Å². The summed E-state index contributed by atoms with van der Waals surface area (Å²) in [5.41, 5.74) is 3.93. The zero-order valence-electron chi connectivity index (χ0n) is 22.5. The second kappa shape index (κ2) is 11.9. The number of benzene rings is 3. The molecule has 12 heteroatoms. The molecule has 0 bridgehead atoms. The number of thioether (sulfide) groups is 1. The Morgan fingerprint density at radius 2 is 1.51 bits per heavy atom. The molecular weight excluding hydrogens is 601 g/mol. The van der Waals surface area contributed by atoms with Gasteiger partial charge < -0.3 is 14.0 Å². The van der Waals surface area contributed by atoms with Crippen molar-refractivity contribution in [3.8, 4) is 11.1 Å². The topological polar surface area (TPSA) is 122 Å². The summed E-state index contributed by atoms with van der Waals surface area (Å²) in [6.45, 7) is 3.52. The molecule has 0 fully saturated rings.